The number of anilines is 1. The quantitative estimate of drug-likeness (QED) is 0.680. The Labute approximate surface area is 109 Å². The lowest BCUT2D eigenvalue weighted by atomic mass is 10.3. The molecule has 100 valence electrons. The van der Waals surface area contributed by atoms with Crippen LogP contribution in [0.25, 0.3) is 0 Å². The third-order valence-electron chi connectivity index (χ3n) is 2.06. The third-order valence-corrected chi connectivity index (χ3v) is 3.03. The fourth-order valence-corrected chi connectivity index (χ4v) is 2.13. The van der Waals surface area contributed by atoms with Gasteiger partial charge in [-0.25, -0.2) is 14.4 Å². The van der Waals surface area contributed by atoms with Crippen LogP contribution in [-0.2, 0) is 6.18 Å². The van der Waals surface area contributed by atoms with Crippen LogP contribution in [0.2, 0.25) is 0 Å². The molecular formula is C11H7F4N3S. The predicted molar refractivity (Wildman–Crippen MR) is 62.0 cm³/mol. The Morgan fingerprint density at radius 3 is 2.42 bits per heavy atom. The summed E-state index contributed by atoms with van der Waals surface area (Å²) in [6, 6.07) is 6.42. The van der Waals surface area contributed by atoms with E-state index in [1.54, 1.807) is 6.07 Å². The summed E-state index contributed by atoms with van der Waals surface area (Å²) in [5.74, 6) is -1.05. The molecule has 0 spiro atoms. The average Bonchev–Trinajstić information content (AvgIpc) is 2.30. The molecule has 8 heteroatoms. The Kier molecular flexibility index (Phi) is 3.61. The van der Waals surface area contributed by atoms with Crippen LogP contribution in [-0.4, -0.2) is 9.97 Å². The van der Waals surface area contributed by atoms with Crippen molar-refractivity contribution < 1.29 is 17.6 Å². The lowest BCUT2D eigenvalue weighted by Gasteiger charge is -2.08. The summed E-state index contributed by atoms with van der Waals surface area (Å²) >= 11 is 0.753. The van der Waals surface area contributed by atoms with Gasteiger partial charge in [0.15, 0.2) is 5.69 Å². The normalized spacial score (nSPS) is 11.6. The minimum atomic E-state index is -4.62. The molecule has 19 heavy (non-hydrogen) atoms. The molecule has 0 aliphatic rings. The molecule has 0 radical (unpaired) electrons. The van der Waals surface area contributed by atoms with Gasteiger partial charge in [0, 0.05) is 11.0 Å². The van der Waals surface area contributed by atoms with Crippen LogP contribution in [0.3, 0.4) is 0 Å². The first kappa shape index (κ1) is 13.6. The SMILES string of the molecule is Nc1nc(Sc2ccccc2F)cc(C(F)(F)F)n1. The van der Waals surface area contributed by atoms with Gasteiger partial charge in [-0.1, -0.05) is 23.9 Å². The maximum absolute atomic E-state index is 13.4. The van der Waals surface area contributed by atoms with E-state index in [-0.39, 0.29) is 9.92 Å². The Balaban J connectivity index is 2.36. The average molecular weight is 289 g/mol. The molecule has 0 saturated carbocycles. The fourth-order valence-electron chi connectivity index (χ4n) is 1.28. The molecule has 1 heterocycles. The first-order valence-electron chi connectivity index (χ1n) is 5.00. The molecule has 2 N–H and O–H groups in total. The Hall–Kier alpha value is -1.83. The number of benzene rings is 1. The zero-order chi connectivity index (χ0) is 14.0. The number of nitrogens with zero attached hydrogens (tertiary/aromatic N) is 2. The van der Waals surface area contributed by atoms with Gasteiger partial charge in [-0.3, -0.25) is 0 Å². The van der Waals surface area contributed by atoms with Crippen LogP contribution in [0.5, 0.6) is 0 Å². The number of hydrogen-bond acceptors (Lipinski definition) is 4. The highest BCUT2D eigenvalue weighted by molar-refractivity contribution is 7.99. The molecule has 0 unspecified atom stereocenters. The fraction of sp³-hybridized carbons (Fsp3) is 0.0909. The van der Waals surface area contributed by atoms with Crippen LogP contribution < -0.4 is 5.73 Å². The van der Waals surface area contributed by atoms with Crippen LogP contribution in [0.1, 0.15) is 5.69 Å². The van der Waals surface area contributed by atoms with Gasteiger partial charge in [0.1, 0.15) is 10.8 Å². The number of rotatable bonds is 2. The molecule has 1 aromatic carbocycles. The molecule has 0 aliphatic heterocycles. The summed E-state index contributed by atoms with van der Waals surface area (Å²) in [7, 11) is 0. The van der Waals surface area contributed by atoms with Crippen LogP contribution in [0.4, 0.5) is 23.5 Å². The van der Waals surface area contributed by atoms with Crippen molar-refractivity contribution >= 4 is 17.7 Å². The zero-order valence-electron chi connectivity index (χ0n) is 9.28. The Bertz CT molecular complexity index is 601. The first-order chi connectivity index (χ1) is 8.86. The number of alkyl halides is 3. The van der Waals surface area contributed by atoms with Crippen molar-refractivity contribution in [3.05, 3.63) is 41.8 Å². The monoisotopic (exact) mass is 289 g/mol. The minimum absolute atomic E-state index is 0.0649. The molecule has 3 nitrogen and oxygen atoms in total. The van der Waals surface area contributed by atoms with Gasteiger partial charge in [-0.2, -0.15) is 13.2 Å². The summed E-state index contributed by atoms with van der Waals surface area (Å²) in [5.41, 5.74) is 4.06. The van der Waals surface area contributed by atoms with Crippen molar-refractivity contribution in [2.24, 2.45) is 0 Å². The molecule has 0 amide bonds. The van der Waals surface area contributed by atoms with Crippen LogP contribution >= 0.6 is 11.8 Å². The lowest BCUT2D eigenvalue weighted by Crippen LogP contribution is -2.11. The number of nitrogen functional groups attached to an aromatic ring is 1. The largest absolute Gasteiger partial charge is 0.433 e. The molecule has 1 aromatic heterocycles. The highest BCUT2D eigenvalue weighted by atomic mass is 32.2. The van der Waals surface area contributed by atoms with Gasteiger partial charge in [0.2, 0.25) is 5.95 Å². The molecule has 0 atom stereocenters. The van der Waals surface area contributed by atoms with Crippen molar-refractivity contribution in [2.45, 2.75) is 16.1 Å². The minimum Gasteiger partial charge on any atom is -0.368 e. The van der Waals surface area contributed by atoms with Crippen molar-refractivity contribution in [1.29, 1.82) is 0 Å². The Morgan fingerprint density at radius 1 is 1.11 bits per heavy atom. The van der Waals surface area contributed by atoms with E-state index in [4.69, 9.17) is 5.73 Å². The number of aromatic nitrogens is 2. The second-order valence-electron chi connectivity index (χ2n) is 3.48. The van der Waals surface area contributed by atoms with E-state index in [0.717, 1.165) is 17.8 Å². The van der Waals surface area contributed by atoms with Crippen molar-refractivity contribution in [3.63, 3.8) is 0 Å². The number of hydrogen-bond donors (Lipinski definition) is 1. The second kappa shape index (κ2) is 5.04. The summed E-state index contributed by atoms with van der Waals surface area (Å²) in [5, 5.41) is -0.0649. The van der Waals surface area contributed by atoms with E-state index < -0.39 is 23.6 Å². The van der Waals surface area contributed by atoms with Crippen molar-refractivity contribution in [1.82, 2.24) is 9.97 Å². The first-order valence-corrected chi connectivity index (χ1v) is 5.82. The van der Waals surface area contributed by atoms with E-state index in [9.17, 15) is 17.6 Å². The van der Waals surface area contributed by atoms with Gasteiger partial charge < -0.3 is 5.73 Å². The summed E-state index contributed by atoms with van der Waals surface area (Å²) in [6.45, 7) is 0. The van der Waals surface area contributed by atoms with Gasteiger partial charge >= 0.3 is 6.18 Å². The van der Waals surface area contributed by atoms with E-state index >= 15 is 0 Å². The van der Waals surface area contributed by atoms with E-state index in [2.05, 4.69) is 9.97 Å². The smallest absolute Gasteiger partial charge is 0.368 e. The zero-order valence-corrected chi connectivity index (χ0v) is 10.1. The lowest BCUT2D eigenvalue weighted by molar-refractivity contribution is -0.141. The van der Waals surface area contributed by atoms with Gasteiger partial charge in [-0.15, -0.1) is 0 Å². The van der Waals surface area contributed by atoms with Crippen molar-refractivity contribution in [2.75, 3.05) is 5.73 Å². The van der Waals surface area contributed by atoms with Gasteiger partial charge in [0.05, 0.1) is 0 Å². The molecule has 0 saturated heterocycles. The summed E-state index contributed by atoms with van der Waals surface area (Å²) in [6.07, 6.45) is -4.62. The molecule has 2 rings (SSSR count). The van der Waals surface area contributed by atoms with Gasteiger partial charge in [0.25, 0.3) is 0 Å². The Morgan fingerprint density at radius 2 is 1.79 bits per heavy atom. The molecular weight excluding hydrogens is 282 g/mol. The standard InChI is InChI=1S/C11H7F4N3S/c12-6-3-1-2-4-7(6)19-9-5-8(11(13,14)15)17-10(16)18-9/h1-5H,(H2,16,17,18). The highest BCUT2D eigenvalue weighted by Crippen LogP contribution is 2.33. The number of nitrogens with two attached hydrogens (primary N) is 1. The van der Waals surface area contributed by atoms with Crippen molar-refractivity contribution in [3.8, 4) is 0 Å². The van der Waals surface area contributed by atoms with Crippen LogP contribution in [0.15, 0.2) is 40.3 Å². The summed E-state index contributed by atoms with van der Waals surface area (Å²) in [4.78, 5) is 6.91. The molecule has 0 aliphatic carbocycles. The maximum atomic E-state index is 13.4. The van der Waals surface area contributed by atoms with E-state index in [0.29, 0.717) is 0 Å². The van der Waals surface area contributed by atoms with Crippen LogP contribution in [0, 0.1) is 5.82 Å². The van der Waals surface area contributed by atoms with E-state index in [1.807, 2.05) is 0 Å². The number of halogens is 4. The topological polar surface area (TPSA) is 51.8 Å². The predicted octanol–water partition coefficient (Wildman–Crippen LogP) is 3.37. The third kappa shape index (κ3) is 3.34. The second-order valence-corrected chi connectivity index (χ2v) is 4.54. The highest BCUT2D eigenvalue weighted by Gasteiger charge is 2.33. The summed E-state index contributed by atoms with van der Waals surface area (Å²) < 4.78 is 51.0. The maximum Gasteiger partial charge on any atom is 0.433 e. The molecule has 0 fully saturated rings. The van der Waals surface area contributed by atoms with Gasteiger partial charge in [-0.05, 0) is 12.1 Å². The molecule has 2 aromatic rings. The van der Waals surface area contributed by atoms with E-state index in [1.165, 1.54) is 18.2 Å². The molecule has 0 bridgehead atoms.